The molecular formula is C11H14ClN5O. The van der Waals surface area contributed by atoms with Crippen LogP contribution in [0.5, 0.6) is 0 Å². The highest BCUT2D eigenvalue weighted by atomic mass is 35.5. The predicted molar refractivity (Wildman–Crippen MR) is 68.3 cm³/mol. The van der Waals surface area contributed by atoms with Crippen molar-refractivity contribution in [3.8, 4) is 0 Å². The highest BCUT2D eigenvalue weighted by Gasteiger charge is 2.03. The molecule has 96 valence electrons. The van der Waals surface area contributed by atoms with Gasteiger partial charge >= 0.3 is 0 Å². The molecular weight excluding hydrogens is 254 g/mol. The molecule has 0 saturated heterocycles. The van der Waals surface area contributed by atoms with E-state index in [4.69, 9.17) is 16.3 Å². The van der Waals surface area contributed by atoms with E-state index in [-0.39, 0.29) is 0 Å². The largest absolute Gasteiger partial charge is 0.374 e. The highest BCUT2D eigenvalue weighted by Crippen LogP contribution is 2.12. The van der Waals surface area contributed by atoms with Gasteiger partial charge in [0.1, 0.15) is 17.6 Å². The zero-order valence-electron chi connectivity index (χ0n) is 9.98. The fraction of sp³-hybridized carbons (Fsp3) is 0.364. The molecule has 18 heavy (non-hydrogen) atoms. The average molecular weight is 268 g/mol. The summed E-state index contributed by atoms with van der Waals surface area (Å²) < 4.78 is 5.25. The Hall–Kier alpha value is -1.66. The van der Waals surface area contributed by atoms with Crippen LogP contribution in [0, 0.1) is 0 Å². The first-order chi connectivity index (χ1) is 8.78. The Kier molecular flexibility index (Phi) is 4.49. The van der Waals surface area contributed by atoms with Gasteiger partial charge in [0, 0.05) is 18.9 Å². The zero-order chi connectivity index (χ0) is 12.8. The normalized spacial score (nSPS) is 10.6. The summed E-state index contributed by atoms with van der Waals surface area (Å²) in [6.45, 7) is 3.49. The molecule has 0 fully saturated rings. The molecule has 0 amide bonds. The number of anilines is 1. The quantitative estimate of drug-likeness (QED) is 0.783. The van der Waals surface area contributed by atoms with E-state index >= 15 is 0 Å². The van der Waals surface area contributed by atoms with Gasteiger partial charge in [0.05, 0.1) is 12.2 Å². The van der Waals surface area contributed by atoms with Gasteiger partial charge in [-0.1, -0.05) is 11.6 Å². The summed E-state index contributed by atoms with van der Waals surface area (Å²) >= 11 is 5.92. The van der Waals surface area contributed by atoms with Crippen molar-refractivity contribution < 1.29 is 4.74 Å². The van der Waals surface area contributed by atoms with Crippen molar-refractivity contribution in [3.63, 3.8) is 0 Å². The van der Waals surface area contributed by atoms with Crippen molar-refractivity contribution in [1.29, 1.82) is 0 Å². The molecule has 0 aromatic carbocycles. The van der Waals surface area contributed by atoms with Crippen LogP contribution in [0.3, 0.4) is 0 Å². The molecule has 2 aromatic heterocycles. The number of nitrogens with one attached hydrogen (secondary N) is 2. The number of aromatic amines is 1. The predicted octanol–water partition coefficient (Wildman–Crippen LogP) is 2.00. The van der Waals surface area contributed by atoms with Gasteiger partial charge in [0.2, 0.25) is 0 Å². The van der Waals surface area contributed by atoms with Gasteiger partial charge in [0.15, 0.2) is 5.82 Å². The molecule has 0 unspecified atom stereocenters. The van der Waals surface area contributed by atoms with Crippen LogP contribution < -0.4 is 5.32 Å². The lowest BCUT2D eigenvalue weighted by atomic mass is 10.4. The van der Waals surface area contributed by atoms with Gasteiger partial charge in [-0.2, -0.15) is 5.10 Å². The van der Waals surface area contributed by atoms with Crippen LogP contribution in [0.1, 0.15) is 18.4 Å². The average Bonchev–Trinajstić information content (AvgIpc) is 2.86. The van der Waals surface area contributed by atoms with E-state index in [1.807, 2.05) is 13.0 Å². The summed E-state index contributed by atoms with van der Waals surface area (Å²) in [6.07, 6.45) is 1.70. The maximum absolute atomic E-state index is 5.92. The summed E-state index contributed by atoms with van der Waals surface area (Å²) in [5.74, 6) is 1.23. The third-order valence-electron chi connectivity index (χ3n) is 2.19. The Morgan fingerprint density at radius 1 is 1.44 bits per heavy atom. The second-order valence-corrected chi connectivity index (χ2v) is 3.95. The third-order valence-corrected chi connectivity index (χ3v) is 2.39. The summed E-state index contributed by atoms with van der Waals surface area (Å²) in [4.78, 5) is 8.39. The van der Waals surface area contributed by atoms with Crippen molar-refractivity contribution in [2.24, 2.45) is 0 Å². The van der Waals surface area contributed by atoms with Crippen molar-refractivity contribution >= 4 is 17.4 Å². The van der Waals surface area contributed by atoms with E-state index in [1.165, 1.54) is 0 Å². The minimum absolute atomic E-state index is 0.357. The van der Waals surface area contributed by atoms with Crippen LogP contribution in [0.4, 0.5) is 5.82 Å². The second-order valence-electron chi connectivity index (χ2n) is 3.56. The standard InChI is InChI=1S/C11H14ClN5O/c1-2-18-7-11-15-9(12)5-10(16-11)13-6-8-3-4-14-17-8/h3-5H,2,6-7H2,1H3,(H,14,17)(H,13,15,16). The lowest BCUT2D eigenvalue weighted by Crippen LogP contribution is -2.06. The van der Waals surface area contributed by atoms with Gasteiger partial charge in [-0.15, -0.1) is 0 Å². The first kappa shape index (κ1) is 12.8. The Balaban J connectivity index is 2.00. The molecule has 0 radical (unpaired) electrons. The maximum atomic E-state index is 5.92. The number of halogens is 1. The molecule has 0 aliphatic rings. The molecule has 0 bridgehead atoms. The summed E-state index contributed by atoms with van der Waals surface area (Å²) in [5, 5.41) is 10.3. The van der Waals surface area contributed by atoms with Gasteiger partial charge in [-0.05, 0) is 13.0 Å². The van der Waals surface area contributed by atoms with E-state index in [9.17, 15) is 0 Å². The molecule has 0 aliphatic carbocycles. The van der Waals surface area contributed by atoms with E-state index in [1.54, 1.807) is 12.3 Å². The van der Waals surface area contributed by atoms with Crippen LogP contribution in [-0.4, -0.2) is 26.8 Å². The lowest BCUT2D eigenvalue weighted by molar-refractivity contribution is 0.128. The molecule has 6 nitrogen and oxygen atoms in total. The Labute approximate surface area is 110 Å². The van der Waals surface area contributed by atoms with Gasteiger partial charge in [0.25, 0.3) is 0 Å². The van der Waals surface area contributed by atoms with E-state index < -0.39 is 0 Å². The minimum atomic E-state index is 0.357. The first-order valence-electron chi connectivity index (χ1n) is 5.61. The molecule has 2 rings (SSSR count). The van der Waals surface area contributed by atoms with Crippen molar-refractivity contribution in [2.75, 3.05) is 11.9 Å². The maximum Gasteiger partial charge on any atom is 0.158 e. The highest BCUT2D eigenvalue weighted by molar-refractivity contribution is 6.29. The molecule has 2 N–H and O–H groups in total. The molecule has 2 heterocycles. The third kappa shape index (κ3) is 3.68. The summed E-state index contributed by atoms with van der Waals surface area (Å²) in [7, 11) is 0. The van der Waals surface area contributed by atoms with Crippen molar-refractivity contribution in [1.82, 2.24) is 20.2 Å². The topological polar surface area (TPSA) is 75.7 Å². The number of ether oxygens (including phenoxy) is 1. The SMILES string of the molecule is CCOCc1nc(Cl)cc(NCc2ccn[nH]2)n1. The van der Waals surface area contributed by atoms with Crippen LogP contribution in [0.25, 0.3) is 0 Å². The Morgan fingerprint density at radius 3 is 3.06 bits per heavy atom. The number of rotatable bonds is 6. The fourth-order valence-corrected chi connectivity index (χ4v) is 1.58. The zero-order valence-corrected chi connectivity index (χ0v) is 10.7. The Morgan fingerprint density at radius 2 is 2.33 bits per heavy atom. The number of hydrogen-bond donors (Lipinski definition) is 2. The Bertz CT molecular complexity index is 488. The number of nitrogens with zero attached hydrogens (tertiary/aromatic N) is 3. The van der Waals surface area contributed by atoms with E-state index in [0.29, 0.717) is 36.6 Å². The number of H-pyrrole nitrogens is 1. The van der Waals surface area contributed by atoms with E-state index in [2.05, 4.69) is 25.5 Å². The van der Waals surface area contributed by atoms with Crippen molar-refractivity contribution in [2.45, 2.75) is 20.1 Å². The molecule has 0 atom stereocenters. The molecule has 7 heteroatoms. The second kappa shape index (κ2) is 6.32. The van der Waals surface area contributed by atoms with Crippen LogP contribution in [0.15, 0.2) is 18.3 Å². The van der Waals surface area contributed by atoms with Crippen molar-refractivity contribution in [3.05, 3.63) is 35.0 Å². The van der Waals surface area contributed by atoms with Crippen LogP contribution >= 0.6 is 11.6 Å². The lowest BCUT2D eigenvalue weighted by Gasteiger charge is -2.07. The fourth-order valence-electron chi connectivity index (χ4n) is 1.38. The minimum Gasteiger partial charge on any atom is -0.374 e. The molecule has 2 aromatic rings. The van der Waals surface area contributed by atoms with Gasteiger partial charge < -0.3 is 10.1 Å². The first-order valence-corrected chi connectivity index (χ1v) is 5.99. The monoisotopic (exact) mass is 267 g/mol. The van der Waals surface area contributed by atoms with Gasteiger partial charge in [-0.3, -0.25) is 5.10 Å². The summed E-state index contributed by atoms with van der Waals surface area (Å²) in [6, 6.07) is 3.56. The van der Waals surface area contributed by atoms with Crippen LogP contribution in [-0.2, 0) is 17.9 Å². The number of hydrogen-bond acceptors (Lipinski definition) is 5. The number of aromatic nitrogens is 4. The molecule has 0 aliphatic heterocycles. The van der Waals surface area contributed by atoms with E-state index in [0.717, 1.165) is 5.69 Å². The van der Waals surface area contributed by atoms with Gasteiger partial charge in [-0.25, -0.2) is 9.97 Å². The molecule has 0 saturated carbocycles. The van der Waals surface area contributed by atoms with Crippen LogP contribution in [0.2, 0.25) is 5.15 Å². The summed E-state index contributed by atoms with van der Waals surface area (Å²) in [5.41, 5.74) is 0.969. The smallest absolute Gasteiger partial charge is 0.158 e. The molecule has 0 spiro atoms.